The minimum Gasteiger partial charge on any atom is -0.480 e. The Balaban J connectivity index is 4.27. The van der Waals surface area contributed by atoms with Crippen molar-refractivity contribution in [3.8, 4) is 0 Å². The maximum atomic E-state index is 11.7. The lowest BCUT2D eigenvalue weighted by Gasteiger charge is -2.26. The average molecular weight is 246 g/mol. The molecule has 0 aliphatic rings. The van der Waals surface area contributed by atoms with Crippen molar-refractivity contribution < 1.29 is 19.4 Å². The summed E-state index contributed by atoms with van der Waals surface area (Å²) in [6, 6.07) is -0.699. The molecule has 2 unspecified atom stereocenters. The normalized spacial score (nSPS) is 16.0. The van der Waals surface area contributed by atoms with Gasteiger partial charge in [-0.05, 0) is 26.2 Å². The van der Waals surface area contributed by atoms with E-state index < -0.39 is 23.5 Å². The Kier molecular flexibility index (Phi) is 6.75. The minimum atomic E-state index is -1.25. The van der Waals surface area contributed by atoms with E-state index in [1.54, 1.807) is 14.0 Å². The second kappa shape index (κ2) is 7.24. The Labute approximate surface area is 102 Å². The highest BCUT2D eigenvalue weighted by Gasteiger charge is 2.33. The fourth-order valence-corrected chi connectivity index (χ4v) is 1.24. The second-order valence-corrected chi connectivity index (χ2v) is 4.22. The lowest BCUT2D eigenvalue weighted by Crippen LogP contribution is -2.56. The van der Waals surface area contributed by atoms with Crippen molar-refractivity contribution in [1.82, 2.24) is 5.32 Å². The van der Waals surface area contributed by atoms with Gasteiger partial charge in [-0.2, -0.15) is 0 Å². The molecule has 6 nitrogen and oxygen atoms in total. The summed E-state index contributed by atoms with van der Waals surface area (Å²) in [5, 5.41) is 11.5. The summed E-state index contributed by atoms with van der Waals surface area (Å²) in [7, 11) is 1.57. The van der Waals surface area contributed by atoms with Crippen molar-refractivity contribution in [2.24, 2.45) is 5.73 Å². The monoisotopic (exact) mass is 246 g/mol. The molecule has 17 heavy (non-hydrogen) atoms. The largest absolute Gasteiger partial charge is 0.480 e. The van der Waals surface area contributed by atoms with E-state index in [2.05, 4.69) is 5.32 Å². The van der Waals surface area contributed by atoms with Crippen molar-refractivity contribution in [2.45, 2.75) is 44.7 Å². The van der Waals surface area contributed by atoms with Gasteiger partial charge in [0.05, 0.1) is 6.04 Å². The number of hydrogen-bond acceptors (Lipinski definition) is 4. The van der Waals surface area contributed by atoms with Gasteiger partial charge >= 0.3 is 5.97 Å². The van der Waals surface area contributed by atoms with E-state index in [0.717, 1.165) is 0 Å². The summed E-state index contributed by atoms with van der Waals surface area (Å²) in [5.41, 5.74) is 4.41. The first-order chi connectivity index (χ1) is 7.87. The van der Waals surface area contributed by atoms with E-state index in [0.29, 0.717) is 25.9 Å². The molecule has 2 atom stereocenters. The van der Waals surface area contributed by atoms with Crippen molar-refractivity contribution in [1.29, 1.82) is 0 Å². The Morgan fingerprint density at radius 3 is 2.53 bits per heavy atom. The summed E-state index contributed by atoms with van der Waals surface area (Å²) in [6.07, 6.45) is 1.44. The number of methoxy groups -OCH3 is 1. The van der Waals surface area contributed by atoms with Crippen LogP contribution < -0.4 is 11.1 Å². The molecular weight excluding hydrogens is 224 g/mol. The van der Waals surface area contributed by atoms with E-state index in [9.17, 15) is 9.59 Å². The van der Waals surface area contributed by atoms with Crippen molar-refractivity contribution in [3.63, 3.8) is 0 Å². The highest BCUT2D eigenvalue weighted by Crippen LogP contribution is 2.10. The third kappa shape index (κ3) is 5.14. The fourth-order valence-electron chi connectivity index (χ4n) is 1.24. The molecule has 0 saturated heterocycles. The van der Waals surface area contributed by atoms with Gasteiger partial charge in [0.25, 0.3) is 0 Å². The number of hydrogen-bond donors (Lipinski definition) is 3. The number of carbonyl (C=O) groups excluding carboxylic acids is 1. The smallest absolute Gasteiger partial charge is 0.329 e. The standard InChI is InChI=1S/C11H22N2O4/c1-4-11(2,10(15)16)13-9(14)8(12)6-5-7-17-3/h8H,4-7,12H2,1-3H3,(H,13,14)(H,15,16). The zero-order valence-corrected chi connectivity index (χ0v) is 10.7. The van der Waals surface area contributed by atoms with Gasteiger partial charge in [0, 0.05) is 13.7 Å². The maximum Gasteiger partial charge on any atom is 0.329 e. The van der Waals surface area contributed by atoms with Gasteiger partial charge in [0.2, 0.25) is 5.91 Å². The first-order valence-corrected chi connectivity index (χ1v) is 5.67. The zero-order valence-electron chi connectivity index (χ0n) is 10.7. The van der Waals surface area contributed by atoms with Crippen LogP contribution in [-0.4, -0.2) is 42.3 Å². The van der Waals surface area contributed by atoms with Crippen LogP contribution in [0.4, 0.5) is 0 Å². The molecule has 6 heteroatoms. The molecule has 0 saturated carbocycles. The van der Waals surface area contributed by atoms with Gasteiger partial charge in [-0.1, -0.05) is 6.92 Å². The van der Waals surface area contributed by atoms with Gasteiger partial charge in [0.1, 0.15) is 5.54 Å². The van der Waals surface area contributed by atoms with E-state index in [1.807, 2.05) is 0 Å². The average Bonchev–Trinajstić information content (AvgIpc) is 2.28. The Morgan fingerprint density at radius 1 is 1.53 bits per heavy atom. The molecule has 0 aliphatic carbocycles. The summed E-state index contributed by atoms with van der Waals surface area (Å²) < 4.78 is 4.85. The number of aliphatic carboxylic acids is 1. The molecule has 0 radical (unpaired) electrons. The number of nitrogens with two attached hydrogens (primary N) is 1. The topological polar surface area (TPSA) is 102 Å². The van der Waals surface area contributed by atoms with Crippen molar-refractivity contribution in [2.75, 3.05) is 13.7 Å². The molecule has 0 aromatic carbocycles. The Morgan fingerprint density at radius 2 is 2.12 bits per heavy atom. The van der Waals surface area contributed by atoms with Crippen molar-refractivity contribution >= 4 is 11.9 Å². The maximum absolute atomic E-state index is 11.7. The first-order valence-electron chi connectivity index (χ1n) is 5.67. The molecule has 0 heterocycles. The summed E-state index contributed by atoms with van der Waals surface area (Å²) in [5.74, 6) is -1.50. The van der Waals surface area contributed by atoms with Gasteiger partial charge in [0.15, 0.2) is 0 Å². The third-order valence-corrected chi connectivity index (χ3v) is 2.78. The first kappa shape index (κ1) is 15.9. The highest BCUT2D eigenvalue weighted by molar-refractivity contribution is 5.89. The van der Waals surface area contributed by atoms with Crippen LogP contribution >= 0.6 is 0 Å². The van der Waals surface area contributed by atoms with Crippen LogP contribution in [0.25, 0.3) is 0 Å². The van der Waals surface area contributed by atoms with Crippen LogP contribution in [0, 0.1) is 0 Å². The SMILES string of the molecule is CCC(C)(NC(=O)C(N)CCCOC)C(=O)O. The molecule has 1 amide bonds. The van der Waals surface area contributed by atoms with Crippen LogP contribution in [0.2, 0.25) is 0 Å². The lowest BCUT2D eigenvalue weighted by molar-refractivity contribution is -0.147. The second-order valence-electron chi connectivity index (χ2n) is 4.22. The van der Waals surface area contributed by atoms with Crippen LogP contribution in [0.15, 0.2) is 0 Å². The van der Waals surface area contributed by atoms with E-state index in [4.69, 9.17) is 15.6 Å². The molecule has 0 fully saturated rings. The molecule has 0 aromatic heterocycles. The Hall–Kier alpha value is -1.14. The Bertz CT molecular complexity index is 270. The molecule has 0 rings (SSSR count). The number of ether oxygens (including phenoxy) is 1. The van der Waals surface area contributed by atoms with E-state index in [-0.39, 0.29) is 0 Å². The predicted octanol–water partition coefficient (Wildman–Crippen LogP) is 0.110. The zero-order chi connectivity index (χ0) is 13.5. The molecule has 0 spiro atoms. The van der Waals surface area contributed by atoms with Crippen LogP contribution in [-0.2, 0) is 14.3 Å². The summed E-state index contributed by atoms with van der Waals surface area (Å²) >= 11 is 0. The fraction of sp³-hybridized carbons (Fsp3) is 0.818. The quantitative estimate of drug-likeness (QED) is 0.528. The molecule has 0 aliphatic heterocycles. The number of rotatable bonds is 8. The van der Waals surface area contributed by atoms with Gasteiger partial charge in [-0.15, -0.1) is 0 Å². The summed E-state index contributed by atoms with van der Waals surface area (Å²) in [6.45, 7) is 3.70. The number of carboxylic acid groups (broad SMARTS) is 1. The number of nitrogens with one attached hydrogen (secondary N) is 1. The number of amides is 1. The molecular formula is C11H22N2O4. The van der Waals surface area contributed by atoms with Gasteiger partial charge < -0.3 is 20.9 Å². The third-order valence-electron chi connectivity index (χ3n) is 2.78. The van der Waals surface area contributed by atoms with Crippen LogP contribution in [0.5, 0.6) is 0 Å². The lowest BCUT2D eigenvalue weighted by atomic mass is 9.98. The van der Waals surface area contributed by atoms with E-state index in [1.165, 1.54) is 6.92 Å². The molecule has 0 bridgehead atoms. The number of carbonyl (C=O) groups is 2. The van der Waals surface area contributed by atoms with Crippen molar-refractivity contribution in [3.05, 3.63) is 0 Å². The van der Waals surface area contributed by atoms with E-state index >= 15 is 0 Å². The van der Waals surface area contributed by atoms with Crippen LogP contribution in [0.3, 0.4) is 0 Å². The summed E-state index contributed by atoms with van der Waals surface area (Å²) in [4.78, 5) is 22.7. The number of carboxylic acids is 1. The molecule has 0 aromatic rings. The predicted molar refractivity (Wildman–Crippen MR) is 63.6 cm³/mol. The highest BCUT2D eigenvalue weighted by atomic mass is 16.5. The molecule has 4 N–H and O–H groups in total. The molecule has 100 valence electrons. The van der Waals surface area contributed by atoms with Gasteiger partial charge in [-0.25, -0.2) is 4.79 Å². The van der Waals surface area contributed by atoms with Crippen LogP contribution in [0.1, 0.15) is 33.1 Å². The minimum absolute atomic E-state index is 0.304. The van der Waals surface area contributed by atoms with Gasteiger partial charge in [-0.3, -0.25) is 4.79 Å².